The van der Waals surface area contributed by atoms with Gasteiger partial charge in [-0.25, -0.2) is 0 Å². The van der Waals surface area contributed by atoms with E-state index in [4.69, 9.17) is 31.1 Å². The Balaban J connectivity index is 1.57. The Morgan fingerprint density at radius 3 is 1.14 bits per heavy atom. The number of amidine groups is 2. The van der Waals surface area contributed by atoms with Crippen LogP contribution in [-0.2, 0) is 0 Å². The first-order chi connectivity index (χ1) is 13.5. The Morgan fingerprint density at radius 1 is 0.500 bits per heavy atom. The largest absolute Gasteiger partial charge is 0.453 e. The molecule has 0 aliphatic rings. The van der Waals surface area contributed by atoms with Crippen molar-refractivity contribution >= 4 is 11.7 Å². The van der Waals surface area contributed by atoms with Crippen LogP contribution < -0.4 is 11.5 Å². The number of hydrogen-bond donors (Lipinski definition) is 4. The van der Waals surface area contributed by atoms with E-state index in [1.54, 1.807) is 24.3 Å². The highest BCUT2D eigenvalue weighted by molar-refractivity contribution is 5.95. The first-order valence-electron chi connectivity index (χ1n) is 8.61. The van der Waals surface area contributed by atoms with Gasteiger partial charge in [0.2, 0.25) is 0 Å². The Morgan fingerprint density at radius 2 is 0.821 bits per heavy atom. The minimum atomic E-state index is 0.0335. The summed E-state index contributed by atoms with van der Waals surface area (Å²) in [6.45, 7) is 0. The monoisotopic (exact) mass is 370 g/mol. The molecule has 0 atom stereocenters. The normalized spacial score (nSPS) is 10.7. The molecular formula is C22H18N4O2. The third-order valence-electron chi connectivity index (χ3n) is 4.42. The van der Waals surface area contributed by atoms with Crippen LogP contribution in [-0.4, -0.2) is 11.7 Å². The lowest BCUT2D eigenvalue weighted by Gasteiger charge is -2.01. The van der Waals surface area contributed by atoms with E-state index in [0.717, 1.165) is 11.1 Å². The van der Waals surface area contributed by atoms with Gasteiger partial charge < -0.3 is 20.3 Å². The second-order valence-corrected chi connectivity index (χ2v) is 6.31. The van der Waals surface area contributed by atoms with Gasteiger partial charge in [-0.15, -0.1) is 0 Å². The molecule has 4 aromatic rings. The lowest BCUT2D eigenvalue weighted by Crippen LogP contribution is -2.10. The van der Waals surface area contributed by atoms with Crippen LogP contribution in [0.2, 0.25) is 0 Å². The van der Waals surface area contributed by atoms with Crippen LogP contribution in [0.3, 0.4) is 0 Å². The van der Waals surface area contributed by atoms with Crippen molar-refractivity contribution in [1.29, 1.82) is 10.8 Å². The summed E-state index contributed by atoms with van der Waals surface area (Å²) in [5.74, 6) is 2.72. The van der Waals surface area contributed by atoms with Crippen molar-refractivity contribution in [3.05, 3.63) is 83.9 Å². The summed E-state index contributed by atoms with van der Waals surface area (Å²) in [6.07, 6.45) is 0. The molecule has 0 aliphatic carbocycles. The number of furan rings is 2. The van der Waals surface area contributed by atoms with Gasteiger partial charge in [0.15, 0.2) is 11.5 Å². The molecule has 4 rings (SSSR count). The van der Waals surface area contributed by atoms with Crippen LogP contribution in [0.25, 0.3) is 34.2 Å². The minimum absolute atomic E-state index is 0.0335. The van der Waals surface area contributed by atoms with Crippen LogP contribution in [0.5, 0.6) is 0 Å². The van der Waals surface area contributed by atoms with Crippen molar-refractivity contribution in [3.8, 4) is 34.2 Å². The SMILES string of the molecule is N=C(N)c1ccc(-c2ccc(-c3ccc(-c4ccc(C(=N)N)cc4)o3)o2)cc1. The first kappa shape index (κ1) is 17.4. The van der Waals surface area contributed by atoms with Crippen LogP contribution in [0.4, 0.5) is 0 Å². The fraction of sp³-hybridized carbons (Fsp3) is 0. The van der Waals surface area contributed by atoms with Gasteiger partial charge in [-0.3, -0.25) is 10.8 Å². The lowest BCUT2D eigenvalue weighted by atomic mass is 10.1. The molecule has 0 fully saturated rings. The highest BCUT2D eigenvalue weighted by Crippen LogP contribution is 2.32. The predicted octanol–water partition coefficient (Wildman–Crippen LogP) is 4.44. The summed E-state index contributed by atoms with van der Waals surface area (Å²) >= 11 is 0. The van der Waals surface area contributed by atoms with Crippen molar-refractivity contribution < 1.29 is 8.83 Å². The fourth-order valence-corrected chi connectivity index (χ4v) is 2.88. The molecule has 2 aromatic carbocycles. The van der Waals surface area contributed by atoms with Crippen LogP contribution in [0, 0.1) is 10.8 Å². The Bertz CT molecular complexity index is 1060. The molecular weight excluding hydrogens is 352 g/mol. The second kappa shape index (κ2) is 6.92. The number of nitrogens with two attached hydrogens (primary N) is 2. The molecule has 0 bridgehead atoms. The van der Waals surface area contributed by atoms with Crippen molar-refractivity contribution in [2.45, 2.75) is 0 Å². The topological polar surface area (TPSA) is 126 Å². The van der Waals surface area contributed by atoms with Crippen LogP contribution in [0.15, 0.2) is 81.6 Å². The maximum atomic E-state index is 7.46. The maximum absolute atomic E-state index is 7.46. The molecule has 6 heteroatoms. The van der Waals surface area contributed by atoms with Crippen LogP contribution >= 0.6 is 0 Å². The summed E-state index contributed by atoms with van der Waals surface area (Å²) in [6, 6.07) is 22.1. The molecule has 0 amide bonds. The summed E-state index contributed by atoms with van der Waals surface area (Å²) < 4.78 is 11.9. The molecule has 2 aromatic heterocycles. The van der Waals surface area contributed by atoms with Gasteiger partial charge in [0.1, 0.15) is 23.2 Å². The van der Waals surface area contributed by atoms with Gasteiger partial charge in [0, 0.05) is 22.3 Å². The van der Waals surface area contributed by atoms with Crippen molar-refractivity contribution in [1.82, 2.24) is 0 Å². The quantitative estimate of drug-likeness (QED) is 0.306. The van der Waals surface area contributed by atoms with Gasteiger partial charge in [0.25, 0.3) is 0 Å². The number of hydrogen-bond acceptors (Lipinski definition) is 4. The highest BCUT2D eigenvalue weighted by Gasteiger charge is 2.12. The first-order valence-corrected chi connectivity index (χ1v) is 8.61. The van der Waals surface area contributed by atoms with Crippen LogP contribution in [0.1, 0.15) is 11.1 Å². The van der Waals surface area contributed by atoms with E-state index in [2.05, 4.69) is 0 Å². The smallest absolute Gasteiger partial charge is 0.170 e. The molecule has 0 unspecified atom stereocenters. The maximum Gasteiger partial charge on any atom is 0.170 e. The minimum Gasteiger partial charge on any atom is -0.453 e. The van der Waals surface area contributed by atoms with E-state index in [-0.39, 0.29) is 11.7 Å². The van der Waals surface area contributed by atoms with Gasteiger partial charge in [-0.1, -0.05) is 48.5 Å². The second-order valence-electron chi connectivity index (χ2n) is 6.31. The summed E-state index contributed by atoms with van der Waals surface area (Å²) in [5.41, 5.74) is 14.1. The average Bonchev–Trinajstić information content (AvgIpc) is 3.38. The van der Waals surface area contributed by atoms with E-state index in [9.17, 15) is 0 Å². The van der Waals surface area contributed by atoms with Gasteiger partial charge in [-0.05, 0) is 24.3 Å². The van der Waals surface area contributed by atoms with Gasteiger partial charge in [-0.2, -0.15) is 0 Å². The molecule has 28 heavy (non-hydrogen) atoms. The molecule has 0 radical (unpaired) electrons. The van der Waals surface area contributed by atoms with E-state index in [1.807, 2.05) is 48.5 Å². The molecule has 0 saturated carbocycles. The number of nitrogens with one attached hydrogen (secondary N) is 2. The van der Waals surface area contributed by atoms with E-state index in [0.29, 0.717) is 34.2 Å². The third-order valence-corrected chi connectivity index (χ3v) is 4.42. The zero-order chi connectivity index (χ0) is 19.7. The van der Waals surface area contributed by atoms with E-state index < -0.39 is 0 Å². The van der Waals surface area contributed by atoms with Crippen molar-refractivity contribution in [3.63, 3.8) is 0 Å². The zero-order valence-corrected chi connectivity index (χ0v) is 14.9. The Kier molecular flexibility index (Phi) is 4.29. The number of benzene rings is 2. The average molecular weight is 370 g/mol. The Hall–Kier alpha value is -4.06. The summed E-state index contributed by atoms with van der Waals surface area (Å²) in [4.78, 5) is 0. The number of rotatable bonds is 5. The van der Waals surface area contributed by atoms with E-state index in [1.165, 1.54) is 0 Å². The fourth-order valence-electron chi connectivity index (χ4n) is 2.88. The zero-order valence-electron chi connectivity index (χ0n) is 14.9. The molecule has 138 valence electrons. The summed E-state index contributed by atoms with van der Waals surface area (Å²) in [7, 11) is 0. The van der Waals surface area contributed by atoms with Gasteiger partial charge in [0.05, 0.1) is 0 Å². The van der Waals surface area contributed by atoms with Crippen molar-refractivity contribution in [2.75, 3.05) is 0 Å². The lowest BCUT2D eigenvalue weighted by molar-refractivity contribution is 0.539. The predicted molar refractivity (Wildman–Crippen MR) is 109 cm³/mol. The molecule has 6 N–H and O–H groups in total. The molecule has 0 saturated heterocycles. The van der Waals surface area contributed by atoms with E-state index >= 15 is 0 Å². The molecule has 2 heterocycles. The molecule has 6 nitrogen and oxygen atoms in total. The standard InChI is InChI=1S/C22H18N4O2/c23-21(24)15-5-1-13(2-6-15)17-9-11-19(27-17)20-12-10-18(28-20)14-3-7-16(8-4-14)22(25)26/h1-12H,(H3,23,24)(H3,25,26). The third kappa shape index (κ3) is 3.31. The molecule has 0 spiro atoms. The van der Waals surface area contributed by atoms with Gasteiger partial charge >= 0.3 is 0 Å². The number of nitrogen functional groups attached to an aromatic ring is 2. The van der Waals surface area contributed by atoms with Crippen molar-refractivity contribution in [2.24, 2.45) is 11.5 Å². The summed E-state index contributed by atoms with van der Waals surface area (Å²) in [5, 5.41) is 14.9. The Labute approximate surface area is 161 Å². The molecule has 0 aliphatic heterocycles. The highest BCUT2D eigenvalue weighted by atomic mass is 16.4.